The van der Waals surface area contributed by atoms with E-state index in [0.717, 1.165) is 39.6 Å². The summed E-state index contributed by atoms with van der Waals surface area (Å²) in [5.74, 6) is 1.98. The van der Waals surface area contributed by atoms with E-state index in [1.807, 2.05) is 35.9 Å². The molecule has 8 nitrogen and oxygen atoms in total. The van der Waals surface area contributed by atoms with Gasteiger partial charge in [-0.1, -0.05) is 0 Å². The van der Waals surface area contributed by atoms with Crippen LogP contribution < -0.4 is 14.2 Å². The smallest absolute Gasteiger partial charge is 0.229 e. The van der Waals surface area contributed by atoms with E-state index in [2.05, 4.69) is 9.71 Å². The average molecular weight is 412 g/mol. The molecule has 0 bridgehead atoms. The normalized spacial score (nSPS) is 11.7. The summed E-state index contributed by atoms with van der Waals surface area (Å²) < 4.78 is 38.0. The third-order valence-electron chi connectivity index (χ3n) is 4.65. The number of imidazole rings is 1. The van der Waals surface area contributed by atoms with Gasteiger partial charge in [-0.25, -0.2) is 13.4 Å². The van der Waals surface area contributed by atoms with Crippen LogP contribution in [-0.4, -0.2) is 43.4 Å². The highest BCUT2D eigenvalue weighted by Crippen LogP contribution is 2.35. The van der Waals surface area contributed by atoms with E-state index in [1.54, 1.807) is 32.5 Å². The Bertz CT molecular complexity index is 1330. The van der Waals surface area contributed by atoms with Gasteiger partial charge >= 0.3 is 0 Å². The number of aromatic nitrogens is 3. The lowest BCUT2D eigenvalue weighted by molar-refractivity contribution is 0.356. The molecule has 2 aromatic heterocycles. The van der Waals surface area contributed by atoms with Crippen molar-refractivity contribution < 1.29 is 17.9 Å². The van der Waals surface area contributed by atoms with Crippen LogP contribution in [0.25, 0.3) is 33.3 Å². The molecule has 2 heterocycles. The molecule has 0 aliphatic heterocycles. The van der Waals surface area contributed by atoms with Gasteiger partial charge in [0, 0.05) is 29.8 Å². The molecule has 4 aromatic rings. The number of ether oxygens (including phenoxy) is 2. The van der Waals surface area contributed by atoms with Gasteiger partial charge in [-0.2, -0.15) is 0 Å². The average Bonchev–Trinajstić information content (AvgIpc) is 3.03. The fourth-order valence-corrected chi connectivity index (χ4v) is 3.95. The minimum Gasteiger partial charge on any atom is -0.493 e. The van der Waals surface area contributed by atoms with Crippen LogP contribution in [0.2, 0.25) is 0 Å². The zero-order valence-corrected chi connectivity index (χ0v) is 17.2. The van der Waals surface area contributed by atoms with E-state index >= 15 is 0 Å². The first-order chi connectivity index (χ1) is 13.8. The minimum absolute atomic E-state index is 0.499. The van der Waals surface area contributed by atoms with Gasteiger partial charge in [0.05, 0.1) is 37.7 Å². The SMILES string of the molecule is COc1cc2ncc3nc(-c4ccc(NS(C)(=O)=O)cc4)n(C)c3c2cc1OC. The van der Waals surface area contributed by atoms with Crippen LogP contribution >= 0.6 is 0 Å². The number of methoxy groups -OCH3 is 2. The Kier molecular flexibility index (Phi) is 4.54. The molecule has 0 saturated carbocycles. The van der Waals surface area contributed by atoms with Crippen molar-refractivity contribution >= 4 is 37.6 Å². The van der Waals surface area contributed by atoms with Gasteiger partial charge in [0.15, 0.2) is 11.5 Å². The summed E-state index contributed by atoms with van der Waals surface area (Å²) in [6.07, 6.45) is 2.85. The number of nitrogens with one attached hydrogen (secondary N) is 1. The van der Waals surface area contributed by atoms with E-state index in [1.165, 1.54) is 0 Å². The Morgan fingerprint density at radius 3 is 2.28 bits per heavy atom. The third-order valence-corrected chi connectivity index (χ3v) is 5.26. The minimum atomic E-state index is -3.32. The standard InChI is InChI=1S/C20H20N4O4S/c1-24-19-14-9-17(27-2)18(28-3)10-15(14)21-11-16(19)22-20(24)12-5-7-13(8-6-12)23-29(4,25)26/h5-11,23H,1-4H3. The molecule has 0 unspecified atom stereocenters. The maximum absolute atomic E-state index is 11.4. The molecule has 0 saturated heterocycles. The second kappa shape index (κ2) is 6.93. The predicted octanol–water partition coefficient (Wildman–Crippen LogP) is 3.18. The molecule has 2 aromatic carbocycles. The summed E-state index contributed by atoms with van der Waals surface area (Å²) in [5.41, 5.74) is 3.80. The number of pyridine rings is 1. The van der Waals surface area contributed by atoms with Crippen LogP contribution in [0.15, 0.2) is 42.6 Å². The van der Waals surface area contributed by atoms with Gasteiger partial charge < -0.3 is 14.0 Å². The van der Waals surface area contributed by atoms with Gasteiger partial charge in [-0.15, -0.1) is 0 Å². The lowest BCUT2D eigenvalue weighted by Crippen LogP contribution is -2.09. The van der Waals surface area contributed by atoms with Crippen molar-refractivity contribution in [2.75, 3.05) is 25.2 Å². The first kappa shape index (κ1) is 19.0. The number of rotatable bonds is 5. The predicted molar refractivity (Wildman–Crippen MR) is 113 cm³/mol. The molecule has 0 amide bonds. The summed E-state index contributed by atoms with van der Waals surface area (Å²) in [7, 11) is 1.80. The maximum atomic E-state index is 11.4. The van der Waals surface area contributed by atoms with Crippen molar-refractivity contribution in [3.63, 3.8) is 0 Å². The van der Waals surface area contributed by atoms with Crippen molar-refractivity contribution in [3.8, 4) is 22.9 Å². The zero-order chi connectivity index (χ0) is 20.8. The molecule has 0 radical (unpaired) electrons. The topological polar surface area (TPSA) is 95.3 Å². The number of hydrogen-bond donors (Lipinski definition) is 1. The number of hydrogen-bond acceptors (Lipinski definition) is 6. The van der Waals surface area contributed by atoms with Gasteiger partial charge in [-0.3, -0.25) is 9.71 Å². The van der Waals surface area contributed by atoms with Crippen LogP contribution in [0.4, 0.5) is 5.69 Å². The van der Waals surface area contributed by atoms with Gasteiger partial charge in [-0.05, 0) is 30.3 Å². The highest BCUT2D eigenvalue weighted by molar-refractivity contribution is 7.92. The molecule has 0 spiro atoms. The van der Waals surface area contributed by atoms with E-state index in [4.69, 9.17) is 14.5 Å². The van der Waals surface area contributed by atoms with E-state index in [9.17, 15) is 8.42 Å². The molecule has 4 rings (SSSR count). The summed E-state index contributed by atoms with van der Waals surface area (Å²) in [6.45, 7) is 0. The summed E-state index contributed by atoms with van der Waals surface area (Å²) >= 11 is 0. The monoisotopic (exact) mass is 412 g/mol. The number of nitrogens with zero attached hydrogens (tertiary/aromatic N) is 3. The number of sulfonamides is 1. The Morgan fingerprint density at radius 2 is 1.66 bits per heavy atom. The number of aryl methyl sites for hydroxylation is 1. The summed E-state index contributed by atoms with van der Waals surface area (Å²) in [4.78, 5) is 9.23. The molecular formula is C20H20N4O4S. The van der Waals surface area contributed by atoms with Crippen LogP contribution in [0.1, 0.15) is 0 Å². The van der Waals surface area contributed by atoms with Crippen LogP contribution in [0, 0.1) is 0 Å². The fourth-order valence-electron chi connectivity index (χ4n) is 3.38. The van der Waals surface area contributed by atoms with Crippen molar-refractivity contribution in [2.45, 2.75) is 0 Å². The van der Waals surface area contributed by atoms with Crippen molar-refractivity contribution in [2.24, 2.45) is 7.05 Å². The van der Waals surface area contributed by atoms with Gasteiger partial charge in [0.1, 0.15) is 11.3 Å². The van der Waals surface area contributed by atoms with Gasteiger partial charge in [0.25, 0.3) is 0 Å². The lowest BCUT2D eigenvalue weighted by atomic mass is 10.1. The molecule has 29 heavy (non-hydrogen) atoms. The third kappa shape index (κ3) is 3.44. The first-order valence-corrected chi connectivity index (χ1v) is 10.7. The fraction of sp³-hybridized carbons (Fsp3) is 0.200. The van der Waals surface area contributed by atoms with Crippen molar-refractivity contribution in [1.29, 1.82) is 0 Å². The molecular weight excluding hydrogens is 392 g/mol. The molecule has 1 N–H and O–H groups in total. The second-order valence-electron chi connectivity index (χ2n) is 6.66. The van der Waals surface area contributed by atoms with Gasteiger partial charge in [0.2, 0.25) is 10.0 Å². The Morgan fingerprint density at radius 1 is 1.00 bits per heavy atom. The van der Waals surface area contributed by atoms with Crippen molar-refractivity contribution in [3.05, 3.63) is 42.6 Å². The van der Waals surface area contributed by atoms with Crippen LogP contribution in [0.3, 0.4) is 0 Å². The zero-order valence-electron chi connectivity index (χ0n) is 16.4. The van der Waals surface area contributed by atoms with Crippen LogP contribution in [0.5, 0.6) is 11.5 Å². The number of fused-ring (bicyclic) bond motifs is 3. The Balaban J connectivity index is 1.86. The Labute approximate surface area is 168 Å². The second-order valence-corrected chi connectivity index (χ2v) is 8.41. The largest absolute Gasteiger partial charge is 0.493 e. The Hall–Kier alpha value is -3.33. The number of anilines is 1. The number of benzene rings is 2. The highest BCUT2D eigenvalue weighted by atomic mass is 32.2. The summed E-state index contributed by atoms with van der Waals surface area (Å²) in [5, 5.41) is 0.900. The van der Waals surface area contributed by atoms with E-state index < -0.39 is 10.0 Å². The molecule has 0 fully saturated rings. The van der Waals surface area contributed by atoms with Crippen molar-refractivity contribution in [1.82, 2.24) is 14.5 Å². The molecule has 150 valence electrons. The molecule has 9 heteroatoms. The lowest BCUT2D eigenvalue weighted by Gasteiger charge is -2.10. The molecule has 0 aliphatic rings. The van der Waals surface area contributed by atoms with E-state index in [-0.39, 0.29) is 0 Å². The molecule has 0 atom stereocenters. The summed E-state index contributed by atoms with van der Waals surface area (Å²) in [6, 6.07) is 10.8. The van der Waals surface area contributed by atoms with E-state index in [0.29, 0.717) is 17.2 Å². The van der Waals surface area contributed by atoms with Crippen LogP contribution in [-0.2, 0) is 17.1 Å². The molecule has 0 aliphatic carbocycles. The quantitative estimate of drug-likeness (QED) is 0.541. The maximum Gasteiger partial charge on any atom is 0.229 e. The highest BCUT2D eigenvalue weighted by Gasteiger charge is 2.16. The first-order valence-electron chi connectivity index (χ1n) is 8.76.